The number of nitrogens with zero attached hydrogens (tertiary/aromatic N) is 5. The fourth-order valence-corrected chi connectivity index (χ4v) is 3.81. The van der Waals surface area contributed by atoms with Gasteiger partial charge in [0, 0.05) is 45.9 Å². The largest absolute Gasteiger partial charge is 0.396 e. The molecule has 0 aromatic carbocycles. The highest BCUT2D eigenvalue weighted by Gasteiger charge is 2.43. The third kappa shape index (κ3) is 3.01. The summed E-state index contributed by atoms with van der Waals surface area (Å²) in [5.74, 6) is 0.908. The number of aliphatic hydroxyl groups excluding tert-OH is 1. The Morgan fingerprint density at radius 1 is 1.50 bits per heavy atom. The Morgan fingerprint density at radius 3 is 2.95 bits per heavy atom. The second kappa shape index (κ2) is 6.34. The lowest BCUT2D eigenvalue weighted by atomic mass is 9.75. The summed E-state index contributed by atoms with van der Waals surface area (Å²) in [4.78, 5) is 16.4. The zero-order chi connectivity index (χ0) is 15.7. The van der Waals surface area contributed by atoms with Gasteiger partial charge in [-0.25, -0.2) is 0 Å². The van der Waals surface area contributed by atoms with Crippen LogP contribution in [0.1, 0.15) is 18.5 Å². The number of piperidine rings is 3. The molecule has 2 bridgehead atoms. The van der Waals surface area contributed by atoms with Crippen molar-refractivity contribution in [1.29, 1.82) is 0 Å². The first-order valence-electron chi connectivity index (χ1n) is 8.03. The van der Waals surface area contributed by atoms with Gasteiger partial charge in [-0.05, 0) is 25.3 Å². The quantitative estimate of drug-likeness (QED) is 0.802. The van der Waals surface area contributed by atoms with Crippen molar-refractivity contribution < 1.29 is 9.90 Å². The standard InChI is InChI=1S/C15H25N5O2/c1-18(2)15(22)14-10-19-5-3-11(14)7-13(19)9-20-8-12(4-6-21)16-17-20/h8,11,13-14,21H,3-7,9-10H2,1-2H3. The molecule has 3 saturated heterocycles. The van der Waals surface area contributed by atoms with Crippen LogP contribution in [-0.2, 0) is 17.8 Å². The van der Waals surface area contributed by atoms with E-state index < -0.39 is 0 Å². The van der Waals surface area contributed by atoms with E-state index in [0.717, 1.165) is 38.2 Å². The molecule has 0 radical (unpaired) electrons. The van der Waals surface area contributed by atoms with Gasteiger partial charge in [-0.15, -0.1) is 5.10 Å². The highest BCUT2D eigenvalue weighted by molar-refractivity contribution is 5.79. The molecular weight excluding hydrogens is 282 g/mol. The number of aromatic nitrogens is 3. The van der Waals surface area contributed by atoms with Gasteiger partial charge >= 0.3 is 0 Å². The number of carbonyl (C=O) groups excluding carboxylic acids is 1. The van der Waals surface area contributed by atoms with Crippen LogP contribution in [0.2, 0.25) is 0 Å². The van der Waals surface area contributed by atoms with E-state index in [0.29, 0.717) is 18.4 Å². The van der Waals surface area contributed by atoms with Crippen molar-refractivity contribution in [2.75, 3.05) is 33.8 Å². The van der Waals surface area contributed by atoms with Crippen molar-refractivity contribution in [2.24, 2.45) is 11.8 Å². The smallest absolute Gasteiger partial charge is 0.226 e. The van der Waals surface area contributed by atoms with E-state index in [1.54, 1.807) is 4.90 Å². The molecule has 0 spiro atoms. The summed E-state index contributed by atoms with van der Waals surface area (Å²) in [5, 5.41) is 17.2. The molecule has 0 aliphatic carbocycles. The monoisotopic (exact) mass is 307 g/mol. The summed E-state index contributed by atoms with van der Waals surface area (Å²) in [6.45, 7) is 2.86. The second-order valence-corrected chi connectivity index (χ2v) is 6.68. The van der Waals surface area contributed by atoms with E-state index in [1.165, 1.54) is 0 Å². The Morgan fingerprint density at radius 2 is 2.32 bits per heavy atom. The van der Waals surface area contributed by atoms with Crippen molar-refractivity contribution in [3.8, 4) is 0 Å². The summed E-state index contributed by atoms with van der Waals surface area (Å²) in [5.41, 5.74) is 0.833. The Balaban J connectivity index is 1.62. The van der Waals surface area contributed by atoms with Gasteiger partial charge in [0.15, 0.2) is 0 Å². The summed E-state index contributed by atoms with van der Waals surface area (Å²) in [6, 6.07) is 0.439. The first-order chi connectivity index (χ1) is 10.6. The zero-order valence-electron chi connectivity index (χ0n) is 13.4. The lowest BCUT2D eigenvalue weighted by molar-refractivity contribution is -0.141. The van der Waals surface area contributed by atoms with Crippen LogP contribution < -0.4 is 0 Å². The van der Waals surface area contributed by atoms with Crippen molar-refractivity contribution in [1.82, 2.24) is 24.8 Å². The molecule has 1 aromatic rings. The highest BCUT2D eigenvalue weighted by Crippen LogP contribution is 2.37. The first-order valence-corrected chi connectivity index (χ1v) is 8.03. The van der Waals surface area contributed by atoms with E-state index in [4.69, 9.17) is 5.11 Å². The normalized spacial score (nSPS) is 30.5. The Bertz CT molecular complexity index is 530. The Kier molecular flexibility index (Phi) is 4.44. The summed E-state index contributed by atoms with van der Waals surface area (Å²) >= 11 is 0. The molecule has 1 amide bonds. The lowest BCUT2D eigenvalue weighted by Crippen LogP contribution is -2.57. The predicted molar refractivity (Wildman–Crippen MR) is 81.1 cm³/mol. The van der Waals surface area contributed by atoms with Crippen LogP contribution in [0.4, 0.5) is 0 Å². The zero-order valence-corrected chi connectivity index (χ0v) is 13.4. The molecule has 0 saturated carbocycles. The molecule has 3 fully saturated rings. The predicted octanol–water partition coefficient (Wildman–Crippen LogP) is -0.388. The lowest BCUT2D eigenvalue weighted by Gasteiger charge is -2.49. The topological polar surface area (TPSA) is 74.5 Å². The fourth-order valence-electron chi connectivity index (χ4n) is 3.81. The van der Waals surface area contributed by atoms with Gasteiger partial charge in [-0.3, -0.25) is 14.4 Å². The van der Waals surface area contributed by atoms with Crippen LogP contribution in [0.25, 0.3) is 0 Å². The number of carbonyl (C=O) groups is 1. The van der Waals surface area contributed by atoms with E-state index >= 15 is 0 Å². The van der Waals surface area contributed by atoms with Crippen LogP contribution in [0, 0.1) is 11.8 Å². The summed E-state index contributed by atoms with van der Waals surface area (Å²) in [6.07, 6.45) is 4.64. The van der Waals surface area contributed by atoms with E-state index in [2.05, 4.69) is 15.2 Å². The molecule has 7 nitrogen and oxygen atoms in total. The van der Waals surface area contributed by atoms with Gasteiger partial charge in [-0.2, -0.15) is 0 Å². The fraction of sp³-hybridized carbons (Fsp3) is 0.800. The molecule has 1 aromatic heterocycles. The minimum absolute atomic E-state index is 0.102. The molecule has 3 aliphatic heterocycles. The molecular formula is C15H25N5O2. The van der Waals surface area contributed by atoms with E-state index in [-0.39, 0.29) is 18.4 Å². The SMILES string of the molecule is CN(C)C(=O)C1CN2CCC1CC2Cn1cc(CCO)nn1. The van der Waals surface area contributed by atoms with E-state index in [9.17, 15) is 4.79 Å². The number of rotatable bonds is 5. The Labute approximate surface area is 130 Å². The number of hydrogen-bond acceptors (Lipinski definition) is 5. The van der Waals surface area contributed by atoms with Gasteiger partial charge < -0.3 is 10.0 Å². The third-order valence-corrected chi connectivity index (χ3v) is 4.99. The molecule has 122 valence electrons. The van der Waals surface area contributed by atoms with Crippen molar-refractivity contribution in [3.63, 3.8) is 0 Å². The molecule has 4 rings (SSSR count). The average molecular weight is 307 g/mol. The molecule has 3 aliphatic rings. The van der Waals surface area contributed by atoms with Gasteiger partial charge in [0.25, 0.3) is 0 Å². The van der Waals surface area contributed by atoms with Crippen LogP contribution in [-0.4, -0.2) is 75.6 Å². The van der Waals surface area contributed by atoms with Crippen LogP contribution in [0.3, 0.4) is 0 Å². The van der Waals surface area contributed by atoms with E-state index in [1.807, 2.05) is 25.0 Å². The molecule has 22 heavy (non-hydrogen) atoms. The van der Waals surface area contributed by atoms with Crippen LogP contribution >= 0.6 is 0 Å². The maximum atomic E-state index is 12.3. The van der Waals surface area contributed by atoms with Gasteiger partial charge in [0.05, 0.1) is 18.2 Å². The first kappa shape index (κ1) is 15.4. The maximum Gasteiger partial charge on any atom is 0.226 e. The minimum Gasteiger partial charge on any atom is -0.396 e. The van der Waals surface area contributed by atoms with Crippen molar-refractivity contribution in [3.05, 3.63) is 11.9 Å². The summed E-state index contributed by atoms with van der Waals surface area (Å²) < 4.78 is 1.87. The number of hydrogen-bond donors (Lipinski definition) is 1. The van der Waals surface area contributed by atoms with Gasteiger partial charge in [0.2, 0.25) is 5.91 Å². The number of amides is 1. The molecule has 4 heterocycles. The van der Waals surface area contributed by atoms with Crippen molar-refractivity contribution in [2.45, 2.75) is 31.8 Å². The Hall–Kier alpha value is -1.47. The minimum atomic E-state index is 0.102. The third-order valence-electron chi connectivity index (χ3n) is 4.99. The van der Waals surface area contributed by atoms with Gasteiger partial charge in [-0.1, -0.05) is 5.21 Å². The van der Waals surface area contributed by atoms with Crippen LogP contribution in [0.15, 0.2) is 6.20 Å². The molecule has 1 N–H and O–H groups in total. The molecule has 4 atom stereocenters. The summed E-state index contributed by atoms with van der Waals surface area (Å²) in [7, 11) is 3.69. The second-order valence-electron chi connectivity index (χ2n) is 6.68. The highest BCUT2D eigenvalue weighted by atomic mass is 16.3. The molecule has 4 unspecified atom stereocenters. The number of fused-ring (bicyclic) bond motifs is 3. The van der Waals surface area contributed by atoms with Crippen LogP contribution in [0.5, 0.6) is 0 Å². The van der Waals surface area contributed by atoms with Gasteiger partial charge in [0.1, 0.15) is 0 Å². The maximum absolute atomic E-state index is 12.3. The number of aliphatic hydroxyl groups is 1. The average Bonchev–Trinajstić information content (AvgIpc) is 2.94. The molecule has 7 heteroatoms. The van der Waals surface area contributed by atoms with Crippen molar-refractivity contribution >= 4 is 5.91 Å².